The first-order valence-corrected chi connectivity index (χ1v) is 3.38. The van der Waals surface area contributed by atoms with Gasteiger partial charge in [0.2, 0.25) is 0 Å². The summed E-state index contributed by atoms with van der Waals surface area (Å²) in [7, 11) is -0.994. The first-order chi connectivity index (χ1) is 1.73. The van der Waals surface area contributed by atoms with Gasteiger partial charge in [0.1, 0.15) is 9.76 Å². The molecule has 0 aliphatic heterocycles. The Morgan fingerprint density at radius 3 is 1.50 bits per heavy atom. The summed E-state index contributed by atoms with van der Waals surface area (Å²) in [6.07, 6.45) is 0. The number of halogens is 2. The van der Waals surface area contributed by atoms with Gasteiger partial charge in [0.15, 0.2) is 0 Å². The second-order valence-corrected chi connectivity index (χ2v) is 1.92. The van der Waals surface area contributed by atoms with Crippen molar-refractivity contribution in [2.45, 2.75) is 0 Å². The summed E-state index contributed by atoms with van der Waals surface area (Å²) < 4.78 is 20.7. The van der Waals surface area contributed by atoms with Crippen molar-refractivity contribution in [1.82, 2.24) is 0 Å². The molecule has 0 amide bonds. The average Bonchev–Trinajstić information content (AvgIpc) is 0.811. The summed E-state index contributed by atoms with van der Waals surface area (Å²) in [5.41, 5.74) is 0. The molecule has 0 saturated heterocycles. The minimum atomic E-state index is -3.07. The third kappa shape index (κ3) is 44.5. The third-order valence-electron chi connectivity index (χ3n) is 0. The Morgan fingerprint density at radius 2 is 1.50 bits per heavy atom. The van der Waals surface area contributed by atoms with E-state index in [0.29, 0.717) is 0 Å². The van der Waals surface area contributed by atoms with E-state index in [1.54, 1.807) is 0 Å². The van der Waals surface area contributed by atoms with Gasteiger partial charge >= 0.3 is 8.98 Å². The predicted molar refractivity (Wildman–Crippen MR) is 13.7 cm³/mol. The van der Waals surface area contributed by atoms with Gasteiger partial charge in [-0.25, -0.2) is 0 Å². The second-order valence-electron chi connectivity index (χ2n) is 0.260. The largest absolute Gasteiger partial charge is 0.443 e. The molecule has 0 heterocycles. The molecule has 0 bridgehead atoms. The van der Waals surface area contributed by atoms with Crippen LogP contribution < -0.4 is 0 Å². The van der Waals surface area contributed by atoms with E-state index in [1.165, 1.54) is 0 Å². The van der Waals surface area contributed by atoms with Gasteiger partial charge in [-0.2, -0.15) is 0 Å². The zero-order valence-corrected chi connectivity index (χ0v) is 3.76. The van der Waals surface area contributed by atoms with E-state index in [2.05, 4.69) is 9.76 Å². The lowest BCUT2D eigenvalue weighted by atomic mass is 18.8. The summed E-state index contributed by atoms with van der Waals surface area (Å²) in [6.45, 7) is 0. The van der Waals surface area contributed by atoms with Crippen molar-refractivity contribution in [1.29, 1.82) is 0 Å². The Labute approximate surface area is 28.0 Å². The molecule has 22 valence electrons. The number of hydrogen-bond donors (Lipinski definition) is 0. The van der Waals surface area contributed by atoms with Gasteiger partial charge in [-0.05, 0) is 0 Å². The lowest BCUT2D eigenvalue weighted by Crippen LogP contribution is -1.90. The maximum atomic E-state index is 10.3. The van der Waals surface area contributed by atoms with Crippen molar-refractivity contribution < 1.29 is 8.22 Å². The van der Waals surface area contributed by atoms with Crippen molar-refractivity contribution in [3.63, 3.8) is 0 Å². The Kier molecular flexibility index (Phi) is 1.71. The van der Waals surface area contributed by atoms with Crippen LogP contribution in [0.1, 0.15) is 0 Å². The fourth-order valence-electron chi connectivity index (χ4n) is 0. The molecule has 0 nitrogen and oxygen atoms in total. The molecule has 0 rings (SSSR count). The van der Waals surface area contributed by atoms with Crippen LogP contribution in [0.5, 0.6) is 0 Å². The summed E-state index contributed by atoms with van der Waals surface area (Å²) >= 11 is 0. The maximum Gasteiger partial charge on any atom is 0.443 e. The molecule has 4 heavy (non-hydrogen) atoms. The van der Waals surface area contributed by atoms with E-state index >= 15 is 0 Å². The monoisotopic (exact) mass is 94.0 g/mol. The van der Waals surface area contributed by atoms with E-state index in [-0.39, 0.29) is 0 Å². The van der Waals surface area contributed by atoms with Gasteiger partial charge in [-0.15, -0.1) is 0 Å². The fourth-order valence-corrected chi connectivity index (χ4v) is 0. The van der Waals surface area contributed by atoms with Crippen LogP contribution in [0.3, 0.4) is 0 Å². The summed E-state index contributed by atoms with van der Waals surface area (Å²) in [4.78, 5) is 0. The molecule has 0 aromatic rings. The van der Waals surface area contributed by atoms with Gasteiger partial charge in [-0.3, -0.25) is 8.22 Å². The first kappa shape index (κ1) is 4.29. The zero-order chi connectivity index (χ0) is 3.58. The molecular formula is F2Si2. The van der Waals surface area contributed by atoms with Gasteiger partial charge in [0.25, 0.3) is 0 Å². The van der Waals surface area contributed by atoms with Crippen molar-refractivity contribution in [2.24, 2.45) is 0 Å². The van der Waals surface area contributed by atoms with Crippen molar-refractivity contribution in [2.75, 3.05) is 0 Å². The van der Waals surface area contributed by atoms with E-state index in [4.69, 9.17) is 0 Å². The van der Waals surface area contributed by atoms with Crippen LogP contribution in [0.4, 0.5) is 8.22 Å². The molecule has 4 heteroatoms. The molecule has 4 radical (unpaired) electrons. The molecule has 0 aliphatic rings. The van der Waals surface area contributed by atoms with Crippen molar-refractivity contribution >= 4 is 18.7 Å². The fraction of sp³-hybridized carbons (Fsp3) is 0. The summed E-state index contributed by atoms with van der Waals surface area (Å²) in [5.74, 6) is 0. The lowest BCUT2D eigenvalue weighted by Gasteiger charge is -1.62. The molecule has 0 saturated carbocycles. The van der Waals surface area contributed by atoms with E-state index < -0.39 is 8.98 Å². The highest BCUT2D eigenvalue weighted by atomic mass is 29.2. The van der Waals surface area contributed by atoms with Gasteiger partial charge in [0, 0.05) is 0 Å². The third-order valence-corrected chi connectivity index (χ3v) is 0. The summed E-state index contributed by atoms with van der Waals surface area (Å²) in [6, 6.07) is 0. The molecule has 0 aromatic heterocycles. The van der Waals surface area contributed by atoms with Crippen LogP contribution in [-0.2, 0) is 0 Å². The molecule has 0 aromatic carbocycles. The maximum absolute atomic E-state index is 10.3. The van der Waals surface area contributed by atoms with E-state index in [9.17, 15) is 8.22 Å². The Bertz CT molecular complexity index is 8.75. The lowest BCUT2D eigenvalue weighted by molar-refractivity contribution is 0.698. The zero-order valence-electron chi connectivity index (χ0n) is 1.76. The summed E-state index contributed by atoms with van der Waals surface area (Å²) in [5, 5.41) is 0. The smallest absolute Gasteiger partial charge is 0.274 e. The molecule has 0 atom stereocenters. The molecule has 0 aliphatic carbocycles. The Hall–Kier alpha value is 0.294. The van der Waals surface area contributed by atoms with Crippen LogP contribution in [0.25, 0.3) is 0 Å². The normalized spacial score (nSPS) is 9.00. The molecule has 0 unspecified atom stereocenters. The minimum absolute atomic E-state index is 2.08. The number of rotatable bonds is 0. The van der Waals surface area contributed by atoms with Crippen molar-refractivity contribution in [3.05, 3.63) is 0 Å². The molecule has 0 N–H and O–H groups in total. The van der Waals surface area contributed by atoms with Gasteiger partial charge < -0.3 is 0 Å². The highest BCUT2D eigenvalue weighted by Crippen LogP contribution is 1.69. The quantitative estimate of drug-likeness (QED) is 0.294. The van der Waals surface area contributed by atoms with Gasteiger partial charge in [-0.1, -0.05) is 0 Å². The van der Waals surface area contributed by atoms with Crippen molar-refractivity contribution in [3.8, 4) is 0 Å². The standard InChI is InChI=1S/F2Si2/c1-4(2)3. The van der Waals surface area contributed by atoms with Crippen LogP contribution in [-0.4, -0.2) is 18.7 Å². The molecule has 0 spiro atoms. The molecule has 0 fully saturated rings. The Balaban J connectivity index is 2.32. The SMILES string of the molecule is F[Si](F)[Si]. The minimum Gasteiger partial charge on any atom is -0.274 e. The number of hydrogen-bond acceptors (Lipinski definition) is 0. The van der Waals surface area contributed by atoms with Crippen LogP contribution >= 0.6 is 0 Å². The molecular weight excluding hydrogens is 94.2 g/mol. The van der Waals surface area contributed by atoms with Gasteiger partial charge in [0.05, 0.1) is 0 Å². The van der Waals surface area contributed by atoms with Crippen LogP contribution in [0.2, 0.25) is 0 Å². The highest BCUT2D eigenvalue weighted by molar-refractivity contribution is 6.94. The average molecular weight is 94.2 g/mol. The van der Waals surface area contributed by atoms with E-state index in [1.807, 2.05) is 0 Å². The highest BCUT2D eigenvalue weighted by Gasteiger charge is 1.91. The predicted octanol–water partition coefficient (Wildman–Crippen LogP) is 0.0788. The second kappa shape index (κ2) is 1.60. The topological polar surface area (TPSA) is 0 Å². The van der Waals surface area contributed by atoms with E-state index in [0.717, 1.165) is 0 Å². The van der Waals surface area contributed by atoms with Crippen LogP contribution in [0.15, 0.2) is 0 Å². The first-order valence-electron chi connectivity index (χ1n) is 0.628. The van der Waals surface area contributed by atoms with Crippen LogP contribution in [0, 0.1) is 0 Å². The Morgan fingerprint density at radius 1 is 1.50 bits per heavy atom.